The van der Waals surface area contributed by atoms with E-state index in [9.17, 15) is 4.21 Å². The zero-order valence-corrected chi connectivity index (χ0v) is 13.1. The average molecular weight is 293 g/mol. The molecule has 2 N–H and O–H groups in total. The molecule has 2 aromatic rings. The minimum Gasteiger partial charge on any atom is -0.323 e. The predicted molar refractivity (Wildman–Crippen MR) is 83.2 cm³/mol. The van der Waals surface area contributed by atoms with Gasteiger partial charge in [0.15, 0.2) is 0 Å². The van der Waals surface area contributed by atoms with Gasteiger partial charge in [-0.05, 0) is 48.9 Å². The van der Waals surface area contributed by atoms with Crippen molar-refractivity contribution in [1.29, 1.82) is 0 Å². The molecule has 2 unspecified atom stereocenters. The topological polar surface area (TPSA) is 43.1 Å². The van der Waals surface area contributed by atoms with Crippen molar-refractivity contribution < 1.29 is 4.21 Å². The molecule has 19 heavy (non-hydrogen) atoms. The fourth-order valence-corrected chi connectivity index (χ4v) is 4.63. The zero-order valence-electron chi connectivity index (χ0n) is 11.5. The number of benzene rings is 1. The Hall–Kier alpha value is -0.970. The molecule has 2 atom stereocenters. The van der Waals surface area contributed by atoms with Gasteiger partial charge in [-0.3, -0.25) is 4.21 Å². The number of nitrogens with two attached hydrogens (primary N) is 1. The summed E-state index contributed by atoms with van der Waals surface area (Å²) in [6.07, 6.45) is 0. The van der Waals surface area contributed by atoms with Gasteiger partial charge in [-0.25, -0.2) is 0 Å². The number of thiophene rings is 1. The monoisotopic (exact) mass is 293 g/mol. The summed E-state index contributed by atoms with van der Waals surface area (Å²) in [7, 11) is -1.01. The van der Waals surface area contributed by atoms with Crippen molar-refractivity contribution in [2.45, 2.75) is 31.0 Å². The Morgan fingerprint density at radius 1 is 1.26 bits per heavy atom. The summed E-state index contributed by atoms with van der Waals surface area (Å²) < 4.78 is 13.1. The molecular weight excluding hydrogens is 274 g/mol. The minimum absolute atomic E-state index is 0.177. The minimum atomic E-state index is -1.01. The highest BCUT2D eigenvalue weighted by Crippen LogP contribution is 2.25. The Labute approximate surface area is 121 Å². The molecule has 0 aliphatic heterocycles. The van der Waals surface area contributed by atoms with Crippen molar-refractivity contribution in [2.24, 2.45) is 5.73 Å². The Kier molecular flexibility index (Phi) is 4.55. The highest BCUT2D eigenvalue weighted by molar-refractivity contribution is 7.87. The van der Waals surface area contributed by atoms with Crippen molar-refractivity contribution in [3.63, 3.8) is 0 Å². The molecule has 0 fully saturated rings. The third kappa shape index (κ3) is 3.32. The van der Waals surface area contributed by atoms with Crippen LogP contribution < -0.4 is 5.73 Å². The Morgan fingerprint density at radius 3 is 2.42 bits per heavy atom. The van der Waals surface area contributed by atoms with Gasteiger partial charge in [-0.1, -0.05) is 23.8 Å². The molecule has 0 saturated carbocycles. The number of aryl methyl sites for hydroxylation is 3. The van der Waals surface area contributed by atoms with E-state index in [0.29, 0.717) is 5.75 Å². The van der Waals surface area contributed by atoms with Crippen LogP contribution in [0.15, 0.2) is 33.9 Å². The summed E-state index contributed by atoms with van der Waals surface area (Å²) in [5, 5.41) is 1.95. The van der Waals surface area contributed by atoms with Gasteiger partial charge in [0.05, 0.1) is 15.0 Å². The molecule has 0 saturated heterocycles. The van der Waals surface area contributed by atoms with Crippen molar-refractivity contribution in [3.05, 3.63) is 51.9 Å². The predicted octanol–water partition coefficient (Wildman–Crippen LogP) is 3.48. The highest BCUT2D eigenvalue weighted by atomic mass is 32.2. The van der Waals surface area contributed by atoms with E-state index < -0.39 is 10.8 Å². The molecule has 1 aromatic carbocycles. The molecule has 1 heterocycles. The Morgan fingerprint density at radius 2 is 1.89 bits per heavy atom. The lowest BCUT2D eigenvalue weighted by molar-refractivity contribution is 0.676. The van der Waals surface area contributed by atoms with Crippen LogP contribution in [0.25, 0.3) is 0 Å². The fraction of sp³-hybridized carbons (Fsp3) is 0.333. The maximum absolute atomic E-state index is 12.2. The average Bonchev–Trinajstić information content (AvgIpc) is 2.80. The molecule has 0 aliphatic rings. The zero-order chi connectivity index (χ0) is 14.0. The van der Waals surface area contributed by atoms with E-state index in [-0.39, 0.29) is 6.04 Å². The van der Waals surface area contributed by atoms with Crippen LogP contribution in [0.4, 0.5) is 0 Å². The number of rotatable bonds is 4. The van der Waals surface area contributed by atoms with Gasteiger partial charge < -0.3 is 5.73 Å². The summed E-state index contributed by atoms with van der Waals surface area (Å²) in [6, 6.07) is 7.92. The van der Waals surface area contributed by atoms with Gasteiger partial charge in [0.2, 0.25) is 0 Å². The Balaban J connectivity index is 2.21. The molecular formula is C15H19NOS2. The molecule has 4 heteroatoms. The summed E-state index contributed by atoms with van der Waals surface area (Å²) in [5.74, 6) is 0.477. The van der Waals surface area contributed by atoms with E-state index in [1.54, 1.807) is 0 Å². The molecule has 0 radical (unpaired) electrons. The molecule has 102 valence electrons. The second kappa shape index (κ2) is 5.99. The van der Waals surface area contributed by atoms with Crippen molar-refractivity contribution in [1.82, 2.24) is 0 Å². The summed E-state index contributed by atoms with van der Waals surface area (Å²) in [6.45, 7) is 6.23. The lowest BCUT2D eigenvalue weighted by atomic mass is 9.95. The summed E-state index contributed by atoms with van der Waals surface area (Å²) in [4.78, 5) is 0. The molecule has 2 nitrogen and oxygen atoms in total. The second-order valence-corrected chi connectivity index (χ2v) is 7.53. The Bertz CT molecular complexity index is 567. The van der Waals surface area contributed by atoms with Gasteiger partial charge >= 0.3 is 0 Å². The van der Waals surface area contributed by atoms with Crippen LogP contribution in [0, 0.1) is 20.8 Å². The van der Waals surface area contributed by atoms with Crippen molar-refractivity contribution in [2.75, 3.05) is 5.75 Å². The quantitative estimate of drug-likeness (QED) is 0.938. The summed E-state index contributed by atoms with van der Waals surface area (Å²) >= 11 is 1.52. The van der Waals surface area contributed by atoms with Crippen LogP contribution in [0.1, 0.15) is 28.3 Å². The first-order chi connectivity index (χ1) is 8.99. The van der Waals surface area contributed by atoms with Crippen LogP contribution >= 0.6 is 11.3 Å². The third-order valence-corrected chi connectivity index (χ3v) is 5.91. The standard InChI is InChI=1S/C15H19NOS2/c1-10-7-11(2)15(12(3)8-10)13(16)9-19(17)14-5-4-6-18-14/h4-8,13H,9,16H2,1-3H3. The van der Waals surface area contributed by atoms with Gasteiger partial charge in [-0.2, -0.15) is 0 Å². The van der Waals surface area contributed by atoms with E-state index in [2.05, 4.69) is 32.9 Å². The molecule has 2 rings (SSSR count). The second-order valence-electron chi connectivity index (χ2n) is 4.86. The fourth-order valence-electron chi connectivity index (χ4n) is 2.50. The SMILES string of the molecule is Cc1cc(C)c(C(N)CS(=O)c2cccs2)c(C)c1. The number of hydrogen-bond acceptors (Lipinski definition) is 3. The van der Waals surface area contributed by atoms with Crippen LogP contribution in [0.5, 0.6) is 0 Å². The normalized spacial score (nSPS) is 14.3. The first-order valence-corrected chi connectivity index (χ1v) is 8.44. The van der Waals surface area contributed by atoms with Crippen LogP contribution in [-0.4, -0.2) is 9.96 Å². The number of hydrogen-bond donors (Lipinski definition) is 1. The maximum Gasteiger partial charge on any atom is 0.0911 e. The van der Waals surface area contributed by atoms with E-state index in [0.717, 1.165) is 9.77 Å². The van der Waals surface area contributed by atoms with Crippen molar-refractivity contribution >= 4 is 22.1 Å². The van der Waals surface area contributed by atoms with Gasteiger partial charge in [0, 0.05) is 11.8 Å². The van der Waals surface area contributed by atoms with E-state index in [1.165, 1.54) is 28.0 Å². The van der Waals surface area contributed by atoms with Gasteiger partial charge in [-0.15, -0.1) is 11.3 Å². The van der Waals surface area contributed by atoms with Crippen LogP contribution in [0.3, 0.4) is 0 Å². The van der Waals surface area contributed by atoms with E-state index in [4.69, 9.17) is 5.73 Å². The van der Waals surface area contributed by atoms with Crippen molar-refractivity contribution in [3.8, 4) is 0 Å². The molecule has 0 aliphatic carbocycles. The molecule has 0 amide bonds. The maximum atomic E-state index is 12.2. The largest absolute Gasteiger partial charge is 0.323 e. The van der Waals surface area contributed by atoms with E-state index in [1.807, 2.05) is 17.5 Å². The smallest absolute Gasteiger partial charge is 0.0911 e. The first kappa shape index (κ1) is 14.4. The molecule has 0 bridgehead atoms. The van der Waals surface area contributed by atoms with Crippen LogP contribution in [0.2, 0.25) is 0 Å². The highest BCUT2D eigenvalue weighted by Gasteiger charge is 2.16. The van der Waals surface area contributed by atoms with Crippen LogP contribution in [-0.2, 0) is 10.8 Å². The molecule has 0 spiro atoms. The lowest BCUT2D eigenvalue weighted by Gasteiger charge is -2.17. The summed E-state index contributed by atoms with van der Waals surface area (Å²) in [5.41, 5.74) is 11.0. The first-order valence-electron chi connectivity index (χ1n) is 6.24. The van der Waals surface area contributed by atoms with Gasteiger partial charge in [0.1, 0.15) is 0 Å². The van der Waals surface area contributed by atoms with Gasteiger partial charge in [0.25, 0.3) is 0 Å². The lowest BCUT2D eigenvalue weighted by Crippen LogP contribution is -2.20. The third-order valence-electron chi connectivity index (χ3n) is 3.16. The van der Waals surface area contributed by atoms with E-state index >= 15 is 0 Å². The molecule has 1 aromatic heterocycles.